The number of nitrogens with two attached hydrogens (primary N) is 1. The quantitative estimate of drug-likeness (QED) is 0.213. The van der Waals surface area contributed by atoms with Crippen LogP contribution in [0.4, 0.5) is 15.9 Å². The molecule has 3 heterocycles. The van der Waals surface area contributed by atoms with Crippen molar-refractivity contribution in [3.63, 3.8) is 0 Å². The van der Waals surface area contributed by atoms with Crippen LogP contribution < -0.4 is 15.4 Å². The largest absolute Gasteiger partial charge is 0.455 e. The number of aromatic amines is 1. The number of halogens is 1. The van der Waals surface area contributed by atoms with E-state index in [0.717, 1.165) is 16.1 Å². The fraction of sp³-hybridized carbons (Fsp3) is 0.125. The zero-order valence-corrected chi connectivity index (χ0v) is 24.6. The van der Waals surface area contributed by atoms with Gasteiger partial charge in [-0.15, -0.1) is 0 Å². The molecule has 11 heteroatoms. The van der Waals surface area contributed by atoms with Gasteiger partial charge in [0.15, 0.2) is 0 Å². The Morgan fingerprint density at radius 2 is 1.77 bits per heavy atom. The van der Waals surface area contributed by atoms with Gasteiger partial charge in [-0.05, 0) is 48.9 Å². The molecule has 0 aliphatic carbocycles. The first-order valence-electron chi connectivity index (χ1n) is 13.3. The van der Waals surface area contributed by atoms with Gasteiger partial charge in [0.25, 0.3) is 5.91 Å². The van der Waals surface area contributed by atoms with Crippen LogP contribution in [-0.2, 0) is 10.0 Å². The third-order valence-electron chi connectivity index (χ3n) is 7.45. The number of hydrogen-bond acceptors (Lipinski definition) is 6. The molecule has 6 aromatic rings. The van der Waals surface area contributed by atoms with Crippen molar-refractivity contribution >= 4 is 49.3 Å². The summed E-state index contributed by atoms with van der Waals surface area (Å²) in [4.78, 5) is 20.9. The first-order valence-corrected chi connectivity index (χ1v) is 15.2. The first kappa shape index (κ1) is 28.0. The zero-order chi connectivity index (χ0) is 30.6. The molecule has 9 nitrogen and oxygen atoms in total. The van der Waals surface area contributed by atoms with E-state index >= 15 is 0 Å². The summed E-state index contributed by atoms with van der Waals surface area (Å²) >= 11 is 0. The van der Waals surface area contributed by atoms with Gasteiger partial charge < -0.3 is 20.5 Å². The van der Waals surface area contributed by atoms with Gasteiger partial charge in [-0.25, -0.2) is 17.8 Å². The van der Waals surface area contributed by atoms with Gasteiger partial charge in [-0.3, -0.25) is 9.10 Å². The fourth-order valence-corrected chi connectivity index (χ4v) is 5.67. The number of nitrogens with one attached hydrogen (secondary N) is 2. The average Bonchev–Trinajstić information content (AvgIpc) is 3.58. The van der Waals surface area contributed by atoms with E-state index in [4.69, 9.17) is 10.2 Å². The van der Waals surface area contributed by atoms with Crippen LogP contribution in [0.15, 0.2) is 77.2 Å². The average molecular weight is 598 g/mol. The van der Waals surface area contributed by atoms with Crippen LogP contribution >= 0.6 is 0 Å². The molecule has 0 aliphatic heterocycles. The van der Waals surface area contributed by atoms with Gasteiger partial charge in [0.2, 0.25) is 10.0 Å². The summed E-state index contributed by atoms with van der Waals surface area (Å²) in [6, 6.07) is 20.6. The molecule has 1 amide bonds. The maximum Gasteiger partial charge on any atom is 0.255 e. The van der Waals surface area contributed by atoms with E-state index in [1.165, 1.54) is 20.2 Å². The van der Waals surface area contributed by atoms with E-state index in [1.807, 2.05) is 31.2 Å². The van der Waals surface area contributed by atoms with E-state index in [0.29, 0.717) is 67.0 Å². The number of carbonyl (C=O) groups excluding carboxylic acids is 1. The number of carbonyl (C=O) groups is 1. The number of nitrogen functional groups attached to an aromatic ring is 1. The second-order valence-electron chi connectivity index (χ2n) is 10.4. The van der Waals surface area contributed by atoms with Crippen molar-refractivity contribution in [3.05, 3.63) is 89.7 Å². The topological polar surface area (TPSA) is 134 Å². The van der Waals surface area contributed by atoms with Crippen LogP contribution in [0, 0.1) is 12.7 Å². The molecule has 43 heavy (non-hydrogen) atoms. The van der Waals surface area contributed by atoms with E-state index in [-0.39, 0.29) is 17.5 Å². The van der Waals surface area contributed by atoms with Gasteiger partial charge >= 0.3 is 0 Å². The minimum absolute atomic E-state index is 0.166. The highest BCUT2D eigenvalue weighted by Gasteiger charge is 2.26. The Balaban J connectivity index is 1.63. The molecule has 3 aromatic heterocycles. The smallest absolute Gasteiger partial charge is 0.255 e. The number of hydrogen-bond donors (Lipinski definition) is 3. The number of rotatable bonds is 6. The monoisotopic (exact) mass is 597 g/mol. The van der Waals surface area contributed by atoms with Crippen LogP contribution in [0.1, 0.15) is 15.9 Å². The molecule has 0 bridgehead atoms. The van der Waals surface area contributed by atoms with E-state index in [1.54, 1.807) is 42.5 Å². The number of amides is 1. The second-order valence-corrected chi connectivity index (χ2v) is 12.4. The molecular weight excluding hydrogens is 569 g/mol. The van der Waals surface area contributed by atoms with Crippen molar-refractivity contribution in [2.75, 3.05) is 30.4 Å². The molecule has 0 fully saturated rings. The van der Waals surface area contributed by atoms with Crippen LogP contribution in [0.2, 0.25) is 0 Å². The Labute approximate surface area is 247 Å². The number of nitrogens with zero attached hydrogens (tertiary/aromatic N) is 2. The number of H-pyrrole nitrogens is 1. The number of aromatic nitrogens is 2. The first-order chi connectivity index (χ1) is 20.4. The lowest BCUT2D eigenvalue weighted by molar-refractivity contribution is 0.0964. The van der Waals surface area contributed by atoms with Crippen molar-refractivity contribution in [2.24, 2.45) is 0 Å². The summed E-state index contributed by atoms with van der Waals surface area (Å²) in [5, 5.41) is 3.58. The normalized spacial score (nSPS) is 11.7. The molecule has 6 rings (SSSR count). The number of sulfonamides is 1. The Morgan fingerprint density at radius 3 is 2.44 bits per heavy atom. The molecule has 0 atom stereocenters. The van der Waals surface area contributed by atoms with Crippen LogP contribution in [0.25, 0.3) is 55.7 Å². The molecule has 0 saturated carbocycles. The summed E-state index contributed by atoms with van der Waals surface area (Å²) in [7, 11) is -0.740. The summed E-state index contributed by atoms with van der Waals surface area (Å²) in [5.74, 6) is -0.217. The predicted molar refractivity (Wildman–Crippen MR) is 168 cm³/mol. The van der Waals surface area contributed by atoms with Gasteiger partial charge in [-0.2, -0.15) is 0 Å². The fourth-order valence-electron chi connectivity index (χ4n) is 5.16. The summed E-state index contributed by atoms with van der Waals surface area (Å²) in [5.41, 5.74) is 11.5. The lowest BCUT2D eigenvalue weighted by Crippen LogP contribution is -2.25. The van der Waals surface area contributed by atoms with Crippen molar-refractivity contribution in [2.45, 2.75) is 6.92 Å². The third kappa shape index (κ3) is 4.97. The molecule has 218 valence electrons. The molecular formula is C32H28FN5O4S. The molecule has 4 N–H and O–H groups in total. The zero-order valence-electron chi connectivity index (χ0n) is 23.8. The Bertz CT molecular complexity index is 2170. The third-order valence-corrected chi connectivity index (χ3v) is 8.65. The van der Waals surface area contributed by atoms with Crippen LogP contribution in [0.5, 0.6) is 0 Å². The van der Waals surface area contributed by atoms with Crippen molar-refractivity contribution in [3.8, 4) is 33.8 Å². The molecule has 0 radical (unpaired) electrons. The molecule has 0 spiro atoms. The molecule has 0 aliphatic rings. The van der Waals surface area contributed by atoms with Crippen LogP contribution in [-0.4, -0.2) is 44.6 Å². The predicted octanol–water partition coefficient (Wildman–Crippen LogP) is 6.10. The Morgan fingerprint density at radius 1 is 1.02 bits per heavy atom. The van der Waals surface area contributed by atoms with Crippen molar-refractivity contribution in [1.82, 2.24) is 15.3 Å². The lowest BCUT2D eigenvalue weighted by atomic mass is 9.98. The molecule has 0 unspecified atom stereocenters. The highest BCUT2D eigenvalue weighted by Crippen LogP contribution is 2.42. The summed E-state index contributed by atoms with van der Waals surface area (Å²) in [6.45, 7) is 1.96. The van der Waals surface area contributed by atoms with Crippen LogP contribution in [0.3, 0.4) is 0 Å². The maximum absolute atomic E-state index is 14.4. The summed E-state index contributed by atoms with van der Waals surface area (Å²) in [6.07, 6.45) is 1.10. The SMILES string of the molecule is CNC(=O)c1c(-c2ccc(C)cc2)oc2cc(N(C)S(C)(=O)=O)c(-c3cc(N)nc(-c4cc5c(F)cccc5[nH]4)c3)cc12. The Kier molecular flexibility index (Phi) is 6.69. The van der Waals surface area contributed by atoms with Gasteiger partial charge in [-0.1, -0.05) is 35.9 Å². The number of aryl methyl sites for hydroxylation is 1. The molecule has 0 saturated heterocycles. The second kappa shape index (κ2) is 10.3. The van der Waals surface area contributed by atoms with Crippen molar-refractivity contribution in [1.29, 1.82) is 0 Å². The van der Waals surface area contributed by atoms with Gasteiger partial charge in [0.1, 0.15) is 23.0 Å². The van der Waals surface area contributed by atoms with Crippen molar-refractivity contribution < 1.29 is 22.0 Å². The lowest BCUT2D eigenvalue weighted by Gasteiger charge is -2.21. The minimum Gasteiger partial charge on any atom is -0.455 e. The number of fused-ring (bicyclic) bond motifs is 2. The summed E-state index contributed by atoms with van der Waals surface area (Å²) < 4.78 is 47.4. The standard InChI is InChI=1S/C32H28FN5O4S/c1-17-8-10-18(11-9-17)31-30(32(39)35-2)22-14-20(27(16-28(22)42-31)38(3)43(4,40)41)19-12-25(37-29(34)13-19)26-15-21-23(33)6-5-7-24(21)36-26/h5-16,36H,1-4H3,(H2,34,37)(H,35,39). The number of benzene rings is 3. The highest BCUT2D eigenvalue weighted by atomic mass is 32.2. The van der Waals surface area contributed by atoms with E-state index in [2.05, 4.69) is 15.3 Å². The van der Waals surface area contributed by atoms with E-state index < -0.39 is 10.0 Å². The molecule has 3 aromatic carbocycles. The number of pyridine rings is 1. The number of anilines is 2. The van der Waals surface area contributed by atoms with Gasteiger partial charge in [0.05, 0.1) is 28.9 Å². The highest BCUT2D eigenvalue weighted by molar-refractivity contribution is 7.92. The minimum atomic E-state index is -3.71. The maximum atomic E-state index is 14.4. The number of furan rings is 1. The van der Waals surface area contributed by atoms with Gasteiger partial charge in [0, 0.05) is 47.6 Å². The Hall–Kier alpha value is -5.16. The van der Waals surface area contributed by atoms with E-state index in [9.17, 15) is 17.6 Å².